The average Bonchev–Trinajstić information content (AvgIpc) is 3.34. The van der Waals surface area contributed by atoms with Gasteiger partial charge in [-0.25, -0.2) is 4.39 Å². The van der Waals surface area contributed by atoms with Crippen molar-refractivity contribution in [2.45, 2.75) is 51.2 Å². The molecule has 198 valence electrons. The Hall–Kier alpha value is -3.79. The Morgan fingerprint density at radius 1 is 0.868 bits per heavy atom. The lowest BCUT2D eigenvalue weighted by Crippen LogP contribution is -2.39. The molecule has 10 heteroatoms. The van der Waals surface area contributed by atoms with Crippen LogP contribution in [0.15, 0.2) is 66.7 Å². The first-order chi connectivity index (χ1) is 18.1. The largest absolute Gasteiger partial charge is 0.401 e. The summed E-state index contributed by atoms with van der Waals surface area (Å²) in [6, 6.07) is 19.4. The highest BCUT2D eigenvalue weighted by molar-refractivity contribution is 6.42. The zero-order valence-corrected chi connectivity index (χ0v) is 23.0. The van der Waals surface area contributed by atoms with Crippen molar-refractivity contribution < 1.29 is 14.2 Å². The van der Waals surface area contributed by atoms with Gasteiger partial charge in [-0.2, -0.15) is 0 Å². The maximum absolute atomic E-state index is 15.6. The normalized spacial score (nSPS) is 21.6. The van der Waals surface area contributed by atoms with Crippen molar-refractivity contribution in [3.05, 3.63) is 104 Å². The summed E-state index contributed by atoms with van der Waals surface area (Å²) in [4.78, 5) is 23.7. The first-order valence-electron chi connectivity index (χ1n) is 12.9. The van der Waals surface area contributed by atoms with Gasteiger partial charge in [-0.1, -0.05) is 38.1 Å². The minimum absolute atomic E-state index is 0.0227. The standard InChI is InChI=1S/C28H31FN4O4Si/c1-28(2)15-16-30(38-18-28)27-12-11-23(17-24(27)29)31-25(19-3-7-21(8-4-19)32(34)35)13-14-26(31)20-5-9-22(10-6-20)33(36)37/h3-12,17,25-26H,13-16,18,38H2,1-2H3/t25-,26-/m0/s1. The molecule has 2 saturated heterocycles. The number of rotatable bonds is 6. The fourth-order valence-electron chi connectivity index (χ4n) is 5.73. The number of non-ortho nitro benzene ring substituents is 2. The lowest BCUT2D eigenvalue weighted by atomic mass is 9.91. The molecule has 0 amide bonds. The number of anilines is 2. The van der Waals surface area contributed by atoms with Crippen molar-refractivity contribution in [2.24, 2.45) is 5.41 Å². The number of halogens is 1. The average molecular weight is 535 g/mol. The molecule has 3 aromatic rings. The van der Waals surface area contributed by atoms with Gasteiger partial charge in [0.1, 0.15) is 15.5 Å². The summed E-state index contributed by atoms with van der Waals surface area (Å²) in [6.45, 7) is 5.43. The highest BCUT2D eigenvalue weighted by atomic mass is 28.2. The zero-order valence-electron chi connectivity index (χ0n) is 21.5. The Balaban J connectivity index is 1.49. The van der Waals surface area contributed by atoms with Crippen LogP contribution in [0.4, 0.5) is 27.1 Å². The molecule has 5 rings (SSSR count). The fraction of sp³-hybridized carbons (Fsp3) is 0.357. The third-order valence-corrected chi connectivity index (χ3v) is 10.8. The molecule has 0 saturated carbocycles. The Kier molecular flexibility index (Phi) is 6.91. The van der Waals surface area contributed by atoms with Gasteiger partial charge in [0.05, 0.1) is 27.6 Å². The van der Waals surface area contributed by atoms with Gasteiger partial charge in [-0.3, -0.25) is 20.2 Å². The van der Waals surface area contributed by atoms with Crippen molar-refractivity contribution in [1.29, 1.82) is 0 Å². The molecule has 2 fully saturated rings. The second-order valence-corrected chi connectivity index (χ2v) is 12.7. The van der Waals surface area contributed by atoms with Gasteiger partial charge in [0.2, 0.25) is 0 Å². The van der Waals surface area contributed by atoms with Gasteiger partial charge < -0.3 is 9.47 Å². The molecule has 0 N–H and O–H groups in total. The summed E-state index contributed by atoms with van der Waals surface area (Å²) in [5.41, 5.74) is 3.59. The number of nitro groups is 2. The van der Waals surface area contributed by atoms with E-state index in [1.54, 1.807) is 30.3 Å². The highest BCUT2D eigenvalue weighted by Crippen LogP contribution is 2.48. The van der Waals surface area contributed by atoms with Gasteiger partial charge in [-0.05, 0) is 60.0 Å². The molecule has 0 unspecified atom stereocenters. The van der Waals surface area contributed by atoms with Crippen LogP contribution in [0.3, 0.4) is 0 Å². The van der Waals surface area contributed by atoms with Gasteiger partial charge in [0.15, 0.2) is 0 Å². The van der Waals surface area contributed by atoms with E-state index < -0.39 is 19.5 Å². The van der Waals surface area contributed by atoms with Crippen LogP contribution in [0.1, 0.15) is 56.3 Å². The van der Waals surface area contributed by atoms with Crippen LogP contribution in [-0.4, -0.2) is 26.1 Å². The predicted molar refractivity (Wildman–Crippen MR) is 149 cm³/mol. The highest BCUT2D eigenvalue weighted by Gasteiger charge is 2.36. The van der Waals surface area contributed by atoms with Crippen LogP contribution in [0.2, 0.25) is 6.04 Å². The number of nitrogens with zero attached hydrogens (tertiary/aromatic N) is 4. The molecular weight excluding hydrogens is 503 g/mol. The van der Waals surface area contributed by atoms with E-state index in [2.05, 4.69) is 23.3 Å². The minimum atomic E-state index is -0.587. The third kappa shape index (κ3) is 5.13. The van der Waals surface area contributed by atoms with Gasteiger partial charge in [0.25, 0.3) is 11.4 Å². The van der Waals surface area contributed by atoms with Gasteiger partial charge in [0, 0.05) is 36.5 Å². The van der Waals surface area contributed by atoms with Gasteiger partial charge in [-0.15, -0.1) is 0 Å². The third-order valence-electron chi connectivity index (χ3n) is 8.05. The van der Waals surface area contributed by atoms with E-state index in [1.165, 1.54) is 24.3 Å². The number of nitro benzene ring substituents is 2. The topological polar surface area (TPSA) is 92.8 Å². The zero-order chi connectivity index (χ0) is 27.0. The van der Waals surface area contributed by atoms with Crippen LogP contribution in [0, 0.1) is 31.5 Å². The summed E-state index contributed by atoms with van der Waals surface area (Å²) in [5, 5.41) is 22.3. The number of hydrogen-bond acceptors (Lipinski definition) is 6. The van der Waals surface area contributed by atoms with Gasteiger partial charge >= 0.3 is 0 Å². The van der Waals surface area contributed by atoms with E-state index >= 15 is 4.39 Å². The Labute approximate surface area is 223 Å². The quantitative estimate of drug-likeness (QED) is 0.205. The maximum atomic E-state index is 15.6. The first-order valence-corrected chi connectivity index (χ1v) is 14.6. The molecule has 0 spiro atoms. The van der Waals surface area contributed by atoms with Crippen LogP contribution < -0.4 is 9.47 Å². The predicted octanol–water partition coefficient (Wildman–Crippen LogP) is 6.46. The lowest BCUT2D eigenvalue weighted by molar-refractivity contribution is -0.385. The van der Waals surface area contributed by atoms with E-state index in [9.17, 15) is 20.2 Å². The molecule has 0 radical (unpaired) electrons. The second kappa shape index (κ2) is 10.2. The molecule has 0 aromatic heterocycles. The molecule has 8 nitrogen and oxygen atoms in total. The molecular formula is C28H31FN4O4Si. The SMILES string of the molecule is CC1(C)CCN(c2ccc(N3[C@H](c4ccc([N+](=O)[O-])cc4)CC[C@H]3c3ccc([N+](=O)[O-])cc3)cc2F)[SiH2]C1. The van der Waals surface area contributed by atoms with E-state index in [0.29, 0.717) is 11.1 Å². The van der Waals surface area contributed by atoms with Crippen molar-refractivity contribution in [2.75, 3.05) is 16.0 Å². The number of hydrogen-bond donors (Lipinski definition) is 0. The Morgan fingerprint density at radius 2 is 1.39 bits per heavy atom. The van der Waals surface area contributed by atoms with E-state index in [1.807, 2.05) is 12.1 Å². The Morgan fingerprint density at radius 3 is 1.82 bits per heavy atom. The second-order valence-electron chi connectivity index (χ2n) is 11.0. The molecule has 0 aliphatic carbocycles. The van der Waals surface area contributed by atoms with Crippen molar-refractivity contribution in [3.63, 3.8) is 0 Å². The van der Waals surface area contributed by atoms with Crippen LogP contribution >= 0.6 is 0 Å². The van der Waals surface area contributed by atoms with E-state index in [4.69, 9.17) is 0 Å². The molecule has 2 heterocycles. The van der Waals surface area contributed by atoms with E-state index in [0.717, 1.165) is 48.7 Å². The van der Waals surface area contributed by atoms with Crippen LogP contribution in [0.25, 0.3) is 0 Å². The summed E-state index contributed by atoms with van der Waals surface area (Å²) >= 11 is 0. The smallest absolute Gasteiger partial charge is 0.269 e. The van der Waals surface area contributed by atoms with Crippen molar-refractivity contribution in [3.8, 4) is 0 Å². The minimum Gasteiger partial charge on any atom is -0.401 e. The molecule has 2 atom stereocenters. The molecule has 0 bridgehead atoms. The van der Waals surface area contributed by atoms with Crippen LogP contribution in [0.5, 0.6) is 0 Å². The van der Waals surface area contributed by atoms with Crippen LogP contribution in [-0.2, 0) is 0 Å². The fourth-order valence-corrected chi connectivity index (χ4v) is 7.73. The summed E-state index contributed by atoms with van der Waals surface area (Å²) in [6.07, 6.45) is 2.56. The molecule has 38 heavy (non-hydrogen) atoms. The summed E-state index contributed by atoms with van der Waals surface area (Å²) in [7, 11) is -0.587. The lowest BCUT2D eigenvalue weighted by Gasteiger charge is -2.38. The summed E-state index contributed by atoms with van der Waals surface area (Å²) in [5.74, 6) is -0.244. The monoisotopic (exact) mass is 534 g/mol. The van der Waals surface area contributed by atoms with E-state index in [-0.39, 0.29) is 29.3 Å². The summed E-state index contributed by atoms with van der Waals surface area (Å²) < 4.78 is 17.9. The Bertz CT molecular complexity index is 1270. The number of benzene rings is 3. The van der Waals surface area contributed by atoms with Crippen molar-refractivity contribution in [1.82, 2.24) is 0 Å². The molecule has 2 aliphatic rings. The van der Waals surface area contributed by atoms with Crippen molar-refractivity contribution >= 4 is 32.4 Å². The first kappa shape index (κ1) is 25.8. The maximum Gasteiger partial charge on any atom is 0.269 e. The molecule has 2 aliphatic heterocycles. The molecule has 3 aromatic carbocycles.